The topological polar surface area (TPSA) is 68.0 Å². The molecule has 0 spiro atoms. The molecule has 0 saturated carbocycles. The Kier molecular flexibility index (Phi) is 5.26. The molecule has 2 rings (SSSR count). The predicted molar refractivity (Wildman–Crippen MR) is 84.1 cm³/mol. The summed E-state index contributed by atoms with van der Waals surface area (Å²) in [5, 5.41) is 4.20. The number of anilines is 2. The number of carbonyl (C=O) groups is 1. The number of hydrogen-bond donors (Lipinski definition) is 2. The fourth-order valence-electron chi connectivity index (χ4n) is 1.53. The van der Waals surface area contributed by atoms with Crippen molar-refractivity contribution in [1.82, 2.24) is 4.98 Å². The highest BCUT2D eigenvalue weighted by molar-refractivity contribution is 7.99. The van der Waals surface area contributed by atoms with Crippen LogP contribution in [-0.2, 0) is 4.79 Å². The predicted octanol–water partition coefficient (Wildman–Crippen LogP) is 3.44. The third-order valence-electron chi connectivity index (χ3n) is 2.51. The monoisotopic (exact) mass is 307 g/mol. The van der Waals surface area contributed by atoms with Crippen molar-refractivity contribution in [1.29, 1.82) is 0 Å². The quantitative estimate of drug-likeness (QED) is 0.656. The number of pyridine rings is 1. The van der Waals surface area contributed by atoms with E-state index in [1.165, 1.54) is 11.8 Å². The molecule has 20 heavy (non-hydrogen) atoms. The Morgan fingerprint density at radius 1 is 1.35 bits per heavy atom. The van der Waals surface area contributed by atoms with Crippen LogP contribution in [0.1, 0.15) is 6.42 Å². The van der Waals surface area contributed by atoms with Gasteiger partial charge in [0.15, 0.2) is 0 Å². The van der Waals surface area contributed by atoms with Gasteiger partial charge in [-0.25, -0.2) is 4.98 Å². The van der Waals surface area contributed by atoms with Crippen LogP contribution in [0.4, 0.5) is 11.4 Å². The van der Waals surface area contributed by atoms with Gasteiger partial charge in [-0.3, -0.25) is 4.79 Å². The highest BCUT2D eigenvalue weighted by atomic mass is 35.5. The van der Waals surface area contributed by atoms with Gasteiger partial charge < -0.3 is 11.1 Å². The van der Waals surface area contributed by atoms with Crippen molar-refractivity contribution in [3.05, 3.63) is 47.6 Å². The number of thioether (sulfide) groups is 1. The summed E-state index contributed by atoms with van der Waals surface area (Å²) in [5.41, 5.74) is 6.82. The molecule has 0 bridgehead atoms. The van der Waals surface area contributed by atoms with E-state index in [1.54, 1.807) is 24.4 Å². The van der Waals surface area contributed by atoms with Crippen LogP contribution in [0.5, 0.6) is 0 Å². The van der Waals surface area contributed by atoms with E-state index in [0.717, 1.165) is 5.03 Å². The van der Waals surface area contributed by atoms with Crippen LogP contribution in [0.25, 0.3) is 0 Å². The lowest BCUT2D eigenvalue weighted by Gasteiger charge is -2.08. The summed E-state index contributed by atoms with van der Waals surface area (Å²) in [7, 11) is 0. The minimum atomic E-state index is -0.0950. The number of nitrogens with two attached hydrogens (primary N) is 1. The number of carbonyl (C=O) groups excluding carboxylic acids is 1. The van der Waals surface area contributed by atoms with Gasteiger partial charge in [0.05, 0.1) is 16.4 Å². The highest BCUT2D eigenvalue weighted by Crippen LogP contribution is 2.23. The van der Waals surface area contributed by atoms with Crippen LogP contribution in [-0.4, -0.2) is 16.6 Å². The van der Waals surface area contributed by atoms with Crippen molar-refractivity contribution in [3.63, 3.8) is 0 Å². The standard InChI is InChI=1S/C14H14ClN3OS/c15-10-4-5-11(16)12(9-10)18-13(19)6-8-20-14-3-1-2-7-17-14/h1-5,7,9H,6,8,16H2,(H,18,19). The molecule has 0 atom stereocenters. The molecule has 4 nitrogen and oxygen atoms in total. The maximum absolute atomic E-state index is 11.8. The van der Waals surface area contributed by atoms with Crippen molar-refractivity contribution in [3.8, 4) is 0 Å². The van der Waals surface area contributed by atoms with Gasteiger partial charge in [-0.2, -0.15) is 0 Å². The average molecular weight is 308 g/mol. The van der Waals surface area contributed by atoms with E-state index in [9.17, 15) is 4.79 Å². The van der Waals surface area contributed by atoms with E-state index in [2.05, 4.69) is 10.3 Å². The summed E-state index contributed by atoms with van der Waals surface area (Å²) < 4.78 is 0. The molecular formula is C14H14ClN3OS. The van der Waals surface area contributed by atoms with Gasteiger partial charge in [0.2, 0.25) is 5.91 Å². The zero-order chi connectivity index (χ0) is 14.4. The second-order valence-electron chi connectivity index (χ2n) is 4.05. The van der Waals surface area contributed by atoms with E-state index in [4.69, 9.17) is 17.3 Å². The van der Waals surface area contributed by atoms with Crippen LogP contribution in [0.2, 0.25) is 5.02 Å². The number of nitrogens with zero attached hydrogens (tertiary/aromatic N) is 1. The Morgan fingerprint density at radius 2 is 2.20 bits per heavy atom. The van der Waals surface area contributed by atoms with Crippen LogP contribution >= 0.6 is 23.4 Å². The maximum Gasteiger partial charge on any atom is 0.225 e. The Bertz CT molecular complexity index is 592. The molecule has 0 aliphatic carbocycles. The summed E-state index contributed by atoms with van der Waals surface area (Å²) in [6, 6.07) is 10.7. The Labute approximate surface area is 126 Å². The number of amides is 1. The van der Waals surface area contributed by atoms with Crippen molar-refractivity contribution in [2.45, 2.75) is 11.4 Å². The molecule has 1 heterocycles. The minimum Gasteiger partial charge on any atom is -0.397 e. The van der Waals surface area contributed by atoms with E-state index in [1.807, 2.05) is 18.2 Å². The van der Waals surface area contributed by atoms with Crippen LogP contribution in [0, 0.1) is 0 Å². The van der Waals surface area contributed by atoms with E-state index >= 15 is 0 Å². The van der Waals surface area contributed by atoms with Crippen molar-refractivity contribution >= 4 is 40.6 Å². The summed E-state index contributed by atoms with van der Waals surface area (Å²) >= 11 is 7.40. The Balaban J connectivity index is 1.82. The number of benzene rings is 1. The van der Waals surface area contributed by atoms with Gasteiger partial charge in [0, 0.05) is 23.4 Å². The normalized spacial score (nSPS) is 10.2. The summed E-state index contributed by atoms with van der Waals surface area (Å²) in [6.07, 6.45) is 2.11. The first-order valence-electron chi connectivity index (χ1n) is 6.04. The molecule has 0 saturated heterocycles. The number of aromatic nitrogens is 1. The molecule has 0 fully saturated rings. The third kappa shape index (κ3) is 4.43. The van der Waals surface area contributed by atoms with E-state index in [0.29, 0.717) is 28.6 Å². The maximum atomic E-state index is 11.8. The number of nitrogen functional groups attached to an aromatic ring is 1. The molecule has 3 N–H and O–H groups in total. The molecule has 1 aromatic carbocycles. The van der Waals surface area contributed by atoms with E-state index < -0.39 is 0 Å². The lowest BCUT2D eigenvalue weighted by Crippen LogP contribution is -2.13. The molecule has 104 valence electrons. The van der Waals surface area contributed by atoms with Crippen LogP contribution in [0.15, 0.2) is 47.6 Å². The molecule has 1 aromatic heterocycles. The number of halogens is 1. The third-order valence-corrected chi connectivity index (χ3v) is 3.69. The summed E-state index contributed by atoms with van der Waals surface area (Å²) in [6.45, 7) is 0. The Hall–Kier alpha value is -1.72. The van der Waals surface area contributed by atoms with Crippen LogP contribution < -0.4 is 11.1 Å². The molecule has 0 unspecified atom stereocenters. The van der Waals surface area contributed by atoms with Gasteiger partial charge in [0.25, 0.3) is 0 Å². The number of rotatable bonds is 5. The second-order valence-corrected chi connectivity index (χ2v) is 5.60. The van der Waals surface area contributed by atoms with Gasteiger partial charge >= 0.3 is 0 Å². The van der Waals surface area contributed by atoms with Crippen molar-refractivity contribution in [2.24, 2.45) is 0 Å². The summed E-state index contributed by atoms with van der Waals surface area (Å²) in [5.74, 6) is 0.561. The minimum absolute atomic E-state index is 0.0950. The SMILES string of the molecule is Nc1ccc(Cl)cc1NC(=O)CCSc1ccccn1. The van der Waals surface area contributed by atoms with Crippen molar-refractivity contribution < 1.29 is 4.79 Å². The van der Waals surface area contributed by atoms with Crippen LogP contribution in [0.3, 0.4) is 0 Å². The molecule has 0 aliphatic rings. The largest absolute Gasteiger partial charge is 0.397 e. The lowest BCUT2D eigenvalue weighted by atomic mass is 10.2. The van der Waals surface area contributed by atoms with E-state index in [-0.39, 0.29) is 5.91 Å². The highest BCUT2D eigenvalue weighted by Gasteiger charge is 2.06. The molecule has 0 aliphatic heterocycles. The zero-order valence-electron chi connectivity index (χ0n) is 10.7. The molecule has 2 aromatic rings. The lowest BCUT2D eigenvalue weighted by molar-refractivity contribution is -0.115. The van der Waals surface area contributed by atoms with Gasteiger partial charge in [-0.05, 0) is 30.3 Å². The van der Waals surface area contributed by atoms with Gasteiger partial charge in [-0.1, -0.05) is 17.7 Å². The first kappa shape index (κ1) is 14.7. The molecular weight excluding hydrogens is 294 g/mol. The number of hydrogen-bond acceptors (Lipinski definition) is 4. The second kappa shape index (κ2) is 7.17. The van der Waals surface area contributed by atoms with Gasteiger partial charge in [0.1, 0.15) is 0 Å². The van der Waals surface area contributed by atoms with Gasteiger partial charge in [-0.15, -0.1) is 11.8 Å². The zero-order valence-corrected chi connectivity index (χ0v) is 12.2. The Morgan fingerprint density at radius 3 is 2.95 bits per heavy atom. The van der Waals surface area contributed by atoms with Crippen molar-refractivity contribution in [2.75, 3.05) is 16.8 Å². The summed E-state index contributed by atoms with van der Waals surface area (Å²) in [4.78, 5) is 16.0. The smallest absolute Gasteiger partial charge is 0.225 e. The first-order chi connectivity index (χ1) is 9.65. The average Bonchev–Trinajstić information content (AvgIpc) is 2.44. The molecule has 1 amide bonds. The molecule has 6 heteroatoms. The first-order valence-corrected chi connectivity index (χ1v) is 7.40. The number of nitrogens with one attached hydrogen (secondary N) is 1. The fourth-order valence-corrected chi connectivity index (χ4v) is 2.51. The molecule has 0 radical (unpaired) electrons. The fraction of sp³-hybridized carbons (Fsp3) is 0.143.